The monoisotopic (exact) mass is 237 g/mol. The summed E-state index contributed by atoms with van der Waals surface area (Å²) in [5.41, 5.74) is 0.571. The molecule has 90 valence electrons. The first kappa shape index (κ1) is 11.6. The SMILES string of the molecule is Cc1nccn1CCNc1ccc(F)c(F)c1. The van der Waals surface area contributed by atoms with Gasteiger partial charge >= 0.3 is 0 Å². The van der Waals surface area contributed by atoms with Gasteiger partial charge < -0.3 is 9.88 Å². The van der Waals surface area contributed by atoms with Crippen molar-refractivity contribution in [2.75, 3.05) is 11.9 Å². The average molecular weight is 237 g/mol. The van der Waals surface area contributed by atoms with E-state index in [1.54, 1.807) is 6.20 Å². The molecule has 0 saturated heterocycles. The van der Waals surface area contributed by atoms with Gasteiger partial charge in [0.2, 0.25) is 0 Å². The van der Waals surface area contributed by atoms with Crippen LogP contribution in [0.25, 0.3) is 0 Å². The van der Waals surface area contributed by atoms with E-state index in [0.717, 1.165) is 24.5 Å². The molecule has 1 aromatic carbocycles. The number of benzene rings is 1. The molecule has 1 heterocycles. The maximum absolute atomic E-state index is 12.9. The van der Waals surface area contributed by atoms with Crippen LogP contribution >= 0.6 is 0 Å². The standard InChI is InChI=1S/C12H13F2N3/c1-9-15-4-6-17(9)7-5-16-10-2-3-11(13)12(14)8-10/h2-4,6,8,16H,5,7H2,1H3. The summed E-state index contributed by atoms with van der Waals surface area (Å²) in [4.78, 5) is 4.09. The molecular weight excluding hydrogens is 224 g/mol. The summed E-state index contributed by atoms with van der Waals surface area (Å²) in [6.07, 6.45) is 3.61. The highest BCUT2D eigenvalue weighted by Crippen LogP contribution is 2.12. The second kappa shape index (κ2) is 4.95. The minimum atomic E-state index is -0.839. The molecule has 0 amide bonds. The number of nitrogens with zero attached hydrogens (tertiary/aromatic N) is 2. The summed E-state index contributed by atoms with van der Waals surface area (Å²) in [5.74, 6) is -0.744. The lowest BCUT2D eigenvalue weighted by Gasteiger charge is -2.08. The van der Waals surface area contributed by atoms with E-state index in [0.29, 0.717) is 12.2 Å². The first-order valence-corrected chi connectivity index (χ1v) is 5.33. The third-order valence-corrected chi connectivity index (χ3v) is 2.53. The average Bonchev–Trinajstić information content (AvgIpc) is 2.70. The zero-order chi connectivity index (χ0) is 12.3. The number of anilines is 1. The number of nitrogens with one attached hydrogen (secondary N) is 1. The minimum absolute atomic E-state index is 0.571. The van der Waals surface area contributed by atoms with E-state index < -0.39 is 11.6 Å². The van der Waals surface area contributed by atoms with E-state index >= 15 is 0 Å². The first-order chi connectivity index (χ1) is 8.16. The molecule has 2 aromatic rings. The molecule has 1 N–H and O–H groups in total. The summed E-state index contributed by atoms with van der Waals surface area (Å²) in [7, 11) is 0. The van der Waals surface area contributed by atoms with Crippen LogP contribution in [-0.2, 0) is 6.54 Å². The smallest absolute Gasteiger partial charge is 0.160 e. The molecule has 2 rings (SSSR count). The van der Waals surface area contributed by atoms with Crippen molar-refractivity contribution in [2.24, 2.45) is 0 Å². The Balaban J connectivity index is 1.90. The van der Waals surface area contributed by atoms with Gasteiger partial charge in [0.25, 0.3) is 0 Å². The van der Waals surface area contributed by atoms with Gasteiger partial charge in [0.15, 0.2) is 11.6 Å². The molecular formula is C12H13F2N3. The Labute approximate surface area is 98.1 Å². The van der Waals surface area contributed by atoms with Crippen molar-refractivity contribution in [1.82, 2.24) is 9.55 Å². The number of hydrogen-bond donors (Lipinski definition) is 1. The molecule has 17 heavy (non-hydrogen) atoms. The molecule has 0 spiro atoms. The number of aryl methyl sites for hydroxylation is 1. The Morgan fingerprint density at radius 1 is 1.29 bits per heavy atom. The number of hydrogen-bond acceptors (Lipinski definition) is 2. The summed E-state index contributed by atoms with van der Waals surface area (Å²) in [5, 5.41) is 3.02. The highest BCUT2D eigenvalue weighted by molar-refractivity contribution is 5.43. The maximum Gasteiger partial charge on any atom is 0.160 e. The van der Waals surface area contributed by atoms with Crippen molar-refractivity contribution in [2.45, 2.75) is 13.5 Å². The van der Waals surface area contributed by atoms with Gasteiger partial charge in [-0.25, -0.2) is 13.8 Å². The van der Waals surface area contributed by atoms with Crippen molar-refractivity contribution in [3.63, 3.8) is 0 Å². The second-order valence-corrected chi connectivity index (χ2v) is 3.72. The molecule has 3 nitrogen and oxygen atoms in total. The van der Waals surface area contributed by atoms with Crippen LogP contribution in [0.4, 0.5) is 14.5 Å². The Morgan fingerprint density at radius 3 is 2.76 bits per heavy atom. The molecule has 0 radical (unpaired) electrons. The van der Waals surface area contributed by atoms with E-state index in [1.807, 2.05) is 17.7 Å². The van der Waals surface area contributed by atoms with Crippen molar-refractivity contribution >= 4 is 5.69 Å². The van der Waals surface area contributed by atoms with Gasteiger partial charge in [-0.1, -0.05) is 0 Å². The molecule has 0 saturated carbocycles. The summed E-state index contributed by atoms with van der Waals surface area (Å²) in [6, 6.07) is 3.77. The molecule has 0 fully saturated rings. The van der Waals surface area contributed by atoms with Gasteiger partial charge in [-0.05, 0) is 25.1 Å². The summed E-state index contributed by atoms with van der Waals surface area (Å²) >= 11 is 0. The van der Waals surface area contributed by atoms with Crippen LogP contribution in [0.5, 0.6) is 0 Å². The highest BCUT2D eigenvalue weighted by atomic mass is 19.2. The Morgan fingerprint density at radius 2 is 2.12 bits per heavy atom. The van der Waals surface area contributed by atoms with Crippen LogP contribution in [0, 0.1) is 18.6 Å². The zero-order valence-corrected chi connectivity index (χ0v) is 9.45. The number of rotatable bonds is 4. The second-order valence-electron chi connectivity index (χ2n) is 3.72. The van der Waals surface area contributed by atoms with E-state index in [4.69, 9.17) is 0 Å². The predicted molar refractivity (Wildman–Crippen MR) is 61.8 cm³/mol. The molecule has 1 aromatic heterocycles. The van der Waals surface area contributed by atoms with Gasteiger partial charge in [0.1, 0.15) is 5.82 Å². The Kier molecular flexibility index (Phi) is 3.37. The lowest BCUT2D eigenvalue weighted by Crippen LogP contribution is -2.11. The van der Waals surface area contributed by atoms with Crippen molar-refractivity contribution in [3.8, 4) is 0 Å². The Hall–Kier alpha value is -1.91. The van der Waals surface area contributed by atoms with Crippen LogP contribution in [0.15, 0.2) is 30.6 Å². The van der Waals surface area contributed by atoms with Gasteiger partial charge in [-0.2, -0.15) is 0 Å². The van der Waals surface area contributed by atoms with Crippen LogP contribution in [0.2, 0.25) is 0 Å². The highest BCUT2D eigenvalue weighted by Gasteiger charge is 2.02. The first-order valence-electron chi connectivity index (χ1n) is 5.33. The molecule has 0 aliphatic rings. The van der Waals surface area contributed by atoms with Gasteiger partial charge in [-0.3, -0.25) is 0 Å². The normalized spacial score (nSPS) is 10.5. The molecule has 0 unspecified atom stereocenters. The predicted octanol–water partition coefficient (Wildman–Crippen LogP) is 2.58. The molecule has 0 aliphatic carbocycles. The fourth-order valence-electron chi connectivity index (χ4n) is 1.57. The third kappa shape index (κ3) is 2.81. The Bertz CT molecular complexity index is 508. The molecule has 0 aliphatic heterocycles. The molecule has 5 heteroatoms. The number of imidazole rings is 1. The van der Waals surface area contributed by atoms with Crippen LogP contribution in [-0.4, -0.2) is 16.1 Å². The van der Waals surface area contributed by atoms with Crippen LogP contribution in [0.3, 0.4) is 0 Å². The quantitative estimate of drug-likeness (QED) is 0.885. The fraction of sp³-hybridized carbons (Fsp3) is 0.250. The van der Waals surface area contributed by atoms with Gasteiger partial charge in [0, 0.05) is 31.2 Å². The fourth-order valence-corrected chi connectivity index (χ4v) is 1.57. The maximum atomic E-state index is 12.9. The van der Waals surface area contributed by atoms with E-state index in [-0.39, 0.29) is 0 Å². The van der Waals surface area contributed by atoms with Crippen LogP contribution < -0.4 is 5.32 Å². The van der Waals surface area contributed by atoms with Crippen molar-refractivity contribution in [1.29, 1.82) is 0 Å². The van der Waals surface area contributed by atoms with Crippen LogP contribution in [0.1, 0.15) is 5.82 Å². The lowest BCUT2D eigenvalue weighted by atomic mass is 10.3. The van der Waals surface area contributed by atoms with E-state index in [1.165, 1.54) is 6.07 Å². The van der Waals surface area contributed by atoms with E-state index in [2.05, 4.69) is 10.3 Å². The number of aromatic nitrogens is 2. The van der Waals surface area contributed by atoms with Crippen molar-refractivity contribution in [3.05, 3.63) is 48.1 Å². The van der Waals surface area contributed by atoms with Gasteiger partial charge in [0.05, 0.1) is 0 Å². The van der Waals surface area contributed by atoms with Crippen molar-refractivity contribution < 1.29 is 8.78 Å². The molecule has 0 bridgehead atoms. The molecule has 0 atom stereocenters. The zero-order valence-electron chi connectivity index (χ0n) is 9.45. The minimum Gasteiger partial charge on any atom is -0.383 e. The summed E-state index contributed by atoms with van der Waals surface area (Å²) in [6.45, 7) is 3.27. The topological polar surface area (TPSA) is 29.9 Å². The lowest BCUT2D eigenvalue weighted by molar-refractivity contribution is 0.509. The van der Waals surface area contributed by atoms with E-state index in [9.17, 15) is 8.78 Å². The summed E-state index contributed by atoms with van der Waals surface area (Å²) < 4.78 is 27.6. The number of halogens is 2. The largest absolute Gasteiger partial charge is 0.383 e. The van der Waals surface area contributed by atoms with Gasteiger partial charge in [-0.15, -0.1) is 0 Å². The third-order valence-electron chi connectivity index (χ3n) is 2.53.